The van der Waals surface area contributed by atoms with Crippen LogP contribution >= 0.6 is 0 Å². The summed E-state index contributed by atoms with van der Waals surface area (Å²) in [6.07, 6.45) is 10.2. The molecule has 0 N–H and O–H groups in total. The lowest BCUT2D eigenvalue weighted by atomic mass is 9.98. The van der Waals surface area contributed by atoms with Crippen molar-refractivity contribution in [2.45, 2.75) is 39.5 Å². The van der Waals surface area contributed by atoms with E-state index in [1.807, 2.05) is 13.0 Å². The quantitative estimate of drug-likeness (QED) is 0.500. The van der Waals surface area contributed by atoms with Crippen LogP contribution in [0.15, 0.2) is 36.4 Å². The second-order valence-electron chi connectivity index (χ2n) is 5.45. The molecule has 0 heterocycles. The number of aryl methyl sites for hydroxylation is 2. The summed E-state index contributed by atoms with van der Waals surface area (Å²) in [5.41, 5.74) is 4.41. The first-order valence-electron chi connectivity index (χ1n) is 7.51. The highest BCUT2D eigenvalue weighted by Gasteiger charge is 2.07. The molecule has 0 unspecified atom stereocenters. The number of rotatable bonds is 5. The van der Waals surface area contributed by atoms with E-state index in [4.69, 9.17) is 6.42 Å². The summed E-state index contributed by atoms with van der Waals surface area (Å²) in [4.78, 5) is 0. The molecule has 108 valence electrons. The molecule has 0 nitrogen and oxygen atoms in total. The van der Waals surface area contributed by atoms with E-state index >= 15 is 0 Å². The largest absolute Gasteiger partial charge is 0.206 e. The fourth-order valence-corrected chi connectivity index (χ4v) is 2.54. The van der Waals surface area contributed by atoms with Gasteiger partial charge in [0.1, 0.15) is 5.82 Å². The number of benzene rings is 2. The van der Waals surface area contributed by atoms with E-state index in [9.17, 15) is 4.39 Å². The highest BCUT2D eigenvalue weighted by molar-refractivity contribution is 5.66. The number of hydrogen-bond donors (Lipinski definition) is 0. The van der Waals surface area contributed by atoms with Gasteiger partial charge in [-0.3, -0.25) is 0 Å². The van der Waals surface area contributed by atoms with Crippen LogP contribution in [-0.2, 0) is 6.42 Å². The van der Waals surface area contributed by atoms with Crippen molar-refractivity contribution in [3.63, 3.8) is 0 Å². The fourth-order valence-electron chi connectivity index (χ4n) is 2.54. The molecular weight excluding hydrogens is 259 g/mol. The first-order valence-corrected chi connectivity index (χ1v) is 7.51. The van der Waals surface area contributed by atoms with Crippen LogP contribution in [0.2, 0.25) is 0 Å². The third kappa shape index (κ3) is 3.73. The first-order chi connectivity index (χ1) is 10.2. The van der Waals surface area contributed by atoms with Gasteiger partial charge in [0.15, 0.2) is 0 Å². The molecule has 0 saturated carbocycles. The van der Waals surface area contributed by atoms with Crippen LogP contribution in [0.3, 0.4) is 0 Å². The third-order valence-corrected chi connectivity index (χ3v) is 3.79. The highest BCUT2D eigenvalue weighted by atomic mass is 19.1. The average Bonchev–Trinajstić information content (AvgIpc) is 2.48. The third-order valence-electron chi connectivity index (χ3n) is 3.79. The van der Waals surface area contributed by atoms with Crippen molar-refractivity contribution in [2.75, 3.05) is 0 Å². The summed E-state index contributed by atoms with van der Waals surface area (Å²) in [7, 11) is 0. The lowest BCUT2D eigenvalue weighted by molar-refractivity contribution is 0.623. The van der Waals surface area contributed by atoms with Crippen LogP contribution in [0, 0.1) is 25.1 Å². The first kappa shape index (κ1) is 15.3. The second-order valence-corrected chi connectivity index (χ2v) is 5.45. The van der Waals surface area contributed by atoms with Crippen molar-refractivity contribution in [1.82, 2.24) is 0 Å². The summed E-state index contributed by atoms with van der Waals surface area (Å²) in [5.74, 6) is 2.09. The van der Waals surface area contributed by atoms with Crippen molar-refractivity contribution >= 4 is 0 Å². The standard InChI is InChI=1S/C20H21F/c1-4-6-7-8-16-9-11-17(12-10-16)18-13-15(3)19(5-2)20(21)14-18/h2,9-14H,4,6-8H2,1,3H3. The molecule has 0 spiro atoms. The molecule has 0 amide bonds. The molecule has 1 heteroatoms. The van der Waals surface area contributed by atoms with Gasteiger partial charge < -0.3 is 0 Å². The molecule has 0 radical (unpaired) electrons. The molecule has 0 fully saturated rings. The van der Waals surface area contributed by atoms with Gasteiger partial charge in [-0.05, 0) is 54.2 Å². The van der Waals surface area contributed by atoms with Gasteiger partial charge in [-0.2, -0.15) is 0 Å². The maximum atomic E-state index is 13.9. The van der Waals surface area contributed by atoms with Gasteiger partial charge in [-0.15, -0.1) is 6.42 Å². The van der Waals surface area contributed by atoms with Crippen LogP contribution in [0.5, 0.6) is 0 Å². The van der Waals surface area contributed by atoms with E-state index in [-0.39, 0.29) is 5.82 Å². The van der Waals surface area contributed by atoms with E-state index in [0.29, 0.717) is 5.56 Å². The maximum Gasteiger partial charge on any atom is 0.139 e. The lowest BCUT2D eigenvalue weighted by Gasteiger charge is -2.08. The molecule has 2 rings (SSSR count). The highest BCUT2D eigenvalue weighted by Crippen LogP contribution is 2.25. The monoisotopic (exact) mass is 280 g/mol. The minimum absolute atomic E-state index is 0.320. The minimum Gasteiger partial charge on any atom is -0.206 e. The van der Waals surface area contributed by atoms with E-state index < -0.39 is 0 Å². The minimum atomic E-state index is -0.320. The Morgan fingerprint density at radius 1 is 1.05 bits per heavy atom. The Balaban J connectivity index is 2.21. The molecule has 0 bridgehead atoms. The molecule has 0 saturated heterocycles. The Bertz CT molecular complexity index is 622. The van der Waals surface area contributed by atoms with Gasteiger partial charge in [-0.25, -0.2) is 4.39 Å². The topological polar surface area (TPSA) is 0 Å². The van der Waals surface area contributed by atoms with Crippen molar-refractivity contribution in [2.24, 2.45) is 0 Å². The van der Waals surface area contributed by atoms with Crippen LogP contribution < -0.4 is 0 Å². The SMILES string of the molecule is C#Cc1c(C)cc(-c2ccc(CCCCC)cc2)cc1F. The summed E-state index contributed by atoms with van der Waals surface area (Å²) in [6.45, 7) is 4.06. The predicted octanol–water partition coefficient (Wildman–Crippen LogP) is 5.52. The van der Waals surface area contributed by atoms with Crippen LogP contribution in [0.4, 0.5) is 4.39 Å². The van der Waals surface area contributed by atoms with E-state index in [1.54, 1.807) is 0 Å². The average molecular weight is 280 g/mol. The summed E-state index contributed by atoms with van der Waals surface area (Å²) in [6, 6.07) is 11.9. The molecule has 0 atom stereocenters. The van der Waals surface area contributed by atoms with Gasteiger partial charge in [0.2, 0.25) is 0 Å². The molecule has 0 aliphatic rings. The van der Waals surface area contributed by atoms with Gasteiger partial charge >= 0.3 is 0 Å². The predicted molar refractivity (Wildman–Crippen MR) is 87.7 cm³/mol. The summed E-state index contributed by atoms with van der Waals surface area (Å²) >= 11 is 0. The molecule has 0 aliphatic heterocycles. The Morgan fingerprint density at radius 2 is 1.76 bits per heavy atom. The van der Waals surface area contributed by atoms with Gasteiger partial charge in [0.05, 0.1) is 5.56 Å². The molecule has 21 heavy (non-hydrogen) atoms. The zero-order valence-corrected chi connectivity index (χ0v) is 12.7. The molecule has 2 aromatic rings. The Morgan fingerprint density at radius 3 is 2.33 bits per heavy atom. The Labute approximate surface area is 127 Å². The maximum absolute atomic E-state index is 13.9. The van der Waals surface area contributed by atoms with Crippen molar-refractivity contribution in [3.05, 3.63) is 58.9 Å². The van der Waals surface area contributed by atoms with Gasteiger partial charge in [0, 0.05) is 0 Å². The van der Waals surface area contributed by atoms with Crippen molar-refractivity contribution < 1.29 is 4.39 Å². The lowest BCUT2D eigenvalue weighted by Crippen LogP contribution is -1.91. The summed E-state index contributed by atoms with van der Waals surface area (Å²) < 4.78 is 13.9. The summed E-state index contributed by atoms with van der Waals surface area (Å²) in [5, 5.41) is 0. The molecule has 2 aromatic carbocycles. The normalized spacial score (nSPS) is 10.4. The Kier molecular flexibility index (Phi) is 5.17. The van der Waals surface area contributed by atoms with Gasteiger partial charge in [0.25, 0.3) is 0 Å². The zero-order chi connectivity index (χ0) is 15.2. The molecule has 0 aromatic heterocycles. The van der Waals surface area contributed by atoms with Gasteiger partial charge in [-0.1, -0.05) is 50.0 Å². The fraction of sp³-hybridized carbons (Fsp3) is 0.300. The van der Waals surface area contributed by atoms with Crippen LogP contribution in [0.1, 0.15) is 42.9 Å². The number of halogens is 1. The second kappa shape index (κ2) is 7.09. The molecular formula is C20H21F. The van der Waals surface area contributed by atoms with Crippen molar-refractivity contribution in [1.29, 1.82) is 0 Å². The van der Waals surface area contributed by atoms with E-state index in [2.05, 4.69) is 37.1 Å². The van der Waals surface area contributed by atoms with E-state index in [0.717, 1.165) is 23.1 Å². The Hall–Kier alpha value is -2.07. The zero-order valence-electron chi connectivity index (χ0n) is 12.7. The number of terminal acetylenes is 1. The van der Waals surface area contributed by atoms with E-state index in [1.165, 1.54) is 30.9 Å². The molecule has 0 aliphatic carbocycles. The number of hydrogen-bond acceptors (Lipinski definition) is 0. The van der Waals surface area contributed by atoms with Crippen molar-refractivity contribution in [3.8, 4) is 23.5 Å². The van der Waals surface area contributed by atoms with Crippen LogP contribution in [-0.4, -0.2) is 0 Å². The van der Waals surface area contributed by atoms with Crippen LogP contribution in [0.25, 0.3) is 11.1 Å². The smallest absolute Gasteiger partial charge is 0.139 e. The number of unbranched alkanes of at least 4 members (excludes halogenated alkanes) is 2.